The van der Waals surface area contributed by atoms with Gasteiger partial charge in [-0.15, -0.1) is 0 Å². The van der Waals surface area contributed by atoms with Crippen LogP contribution in [0.5, 0.6) is 0 Å². The van der Waals surface area contributed by atoms with E-state index in [4.69, 9.17) is 10.1 Å². The number of likely N-dealkylation sites (tertiary alicyclic amines) is 2. The zero-order chi connectivity index (χ0) is 24.8. The Morgan fingerprint density at radius 1 is 1.12 bits per heavy atom. The second-order valence-electron chi connectivity index (χ2n) is 10.8. The molecule has 4 rings (SSSR count). The Morgan fingerprint density at radius 2 is 1.76 bits per heavy atom. The molecule has 0 radical (unpaired) electrons. The minimum Gasteiger partial charge on any atom is -0.465 e. The lowest BCUT2D eigenvalue weighted by molar-refractivity contribution is -0.130. The van der Waals surface area contributed by atoms with Gasteiger partial charge in [0.2, 0.25) is 5.91 Å². The third-order valence-corrected chi connectivity index (χ3v) is 8.96. The molecule has 0 aliphatic carbocycles. The SMILES string of the molecule is CC(=O)N1CCC(Cn2c(CC(C)(C)C)nc3cc(S(=O)(=O)C4CN(C(=O)O)C4)ccc32)CC1. The van der Waals surface area contributed by atoms with Gasteiger partial charge in [0.15, 0.2) is 9.84 Å². The van der Waals surface area contributed by atoms with E-state index in [2.05, 4.69) is 25.3 Å². The monoisotopic (exact) mass is 490 g/mol. The largest absolute Gasteiger partial charge is 0.465 e. The van der Waals surface area contributed by atoms with Gasteiger partial charge in [0.1, 0.15) is 11.1 Å². The Balaban J connectivity index is 1.62. The smallest absolute Gasteiger partial charge is 0.407 e. The van der Waals surface area contributed by atoms with E-state index in [1.165, 1.54) is 0 Å². The second-order valence-corrected chi connectivity index (χ2v) is 13.1. The summed E-state index contributed by atoms with van der Waals surface area (Å²) < 4.78 is 28.3. The topological polar surface area (TPSA) is 113 Å². The van der Waals surface area contributed by atoms with E-state index in [1.54, 1.807) is 19.1 Å². The highest BCUT2D eigenvalue weighted by Crippen LogP contribution is 2.30. The number of imidazole rings is 1. The van der Waals surface area contributed by atoms with E-state index in [1.807, 2.05) is 11.0 Å². The minimum atomic E-state index is -3.63. The molecule has 1 aromatic heterocycles. The first-order chi connectivity index (χ1) is 15.8. The first-order valence-corrected chi connectivity index (χ1v) is 13.4. The molecule has 2 aliphatic heterocycles. The fraction of sp³-hybridized carbons (Fsp3) is 0.625. The van der Waals surface area contributed by atoms with Gasteiger partial charge in [-0.05, 0) is 42.4 Å². The molecule has 0 unspecified atom stereocenters. The van der Waals surface area contributed by atoms with Crippen molar-refractivity contribution in [2.75, 3.05) is 26.2 Å². The van der Waals surface area contributed by atoms with Gasteiger partial charge >= 0.3 is 6.09 Å². The number of aromatic nitrogens is 2. The Bertz CT molecular complexity index is 1200. The molecule has 2 amide bonds. The summed E-state index contributed by atoms with van der Waals surface area (Å²) in [6, 6.07) is 5.09. The molecular weight excluding hydrogens is 456 g/mol. The van der Waals surface area contributed by atoms with E-state index < -0.39 is 21.2 Å². The van der Waals surface area contributed by atoms with Crippen LogP contribution in [0, 0.1) is 11.3 Å². The Labute approximate surface area is 200 Å². The summed E-state index contributed by atoms with van der Waals surface area (Å²) in [6.45, 7) is 10.4. The number of carbonyl (C=O) groups excluding carboxylic acids is 1. The minimum absolute atomic E-state index is 0.00161. The predicted octanol–water partition coefficient (Wildman–Crippen LogP) is 3.02. The van der Waals surface area contributed by atoms with Crippen molar-refractivity contribution in [1.82, 2.24) is 19.4 Å². The molecule has 2 saturated heterocycles. The standard InChI is InChI=1S/C24H34N4O5S/c1-16(29)26-9-7-17(8-10-26)13-28-21-6-5-18(11-20(21)25-22(28)12-24(2,3)4)34(32,33)19-14-27(15-19)23(30)31/h5-6,11,17,19H,7-10,12-15H2,1-4H3,(H,30,31). The molecule has 3 heterocycles. The lowest BCUT2D eigenvalue weighted by Gasteiger charge is -2.36. The lowest BCUT2D eigenvalue weighted by Crippen LogP contribution is -2.56. The molecule has 0 atom stereocenters. The predicted molar refractivity (Wildman–Crippen MR) is 128 cm³/mol. The van der Waals surface area contributed by atoms with Crippen LogP contribution in [0.1, 0.15) is 46.4 Å². The average molecular weight is 491 g/mol. The summed E-state index contributed by atoms with van der Waals surface area (Å²) in [7, 11) is -3.63. The maximum absolute atomic E-state index is 13.1. The molecule has 2 aromatic rings. The van der Waals surface area contributed by atoms with Gasteiger partial charge in [0.05, 0.1) is 15.9 Å². The number of hydrogen-bond donors (Lipinski definition) is 1. The van der Waals surface area contributed by atoms with Crippen LogP contribution in [-0.4, -0.2) is 76.3 Å². The molecular formula is C24H34N4O5S. The third-order valence-electron chi connectivity index (χ3n) is 6.87. The first-order valence-electron chi connectivity index (χ1n) is 11.8. The molecule has 2 fully saturated rings. The molecule has 9 nitrogen and oxygen atoms in total. The second kappa shape index (κ2) is 8.87. The van der Waals surface area contributed by atoms with E-state index >= 15 is 0 Å². The van der Waals surface area contributed by atoms with Crippen molar-refractivity contribution in [3.63, 3.8) is 0 Å². The number of hydrogen-bond acceptors (Lipinski definition) is 5. The van der Waals surface area contributed by atoms with Crippen molar-refractivity contribution in [3.8, 4) is 0 Å². The van der Waals surface area contributed by atoms with Gasteiger partial charge in [0, 0.05) is 46.1 Å². The van der Waals surface area contributed by atoms with Crippen molar-refractivity contribution in [3.05, 3.63) is 24.0 Å². The van der Waals surface area contributed by atoms with Crippen LogP contribution in [0.2, 0.25) is 0 Å². The van der Waals surface area contributed by atoms with Gasteiger partial charge in [-0.25, -0.2) is 18.2 Å². The quantitative estimate of drug-likeness (QED) is 0.689. The number of fused-ring (bicyclic) bond motifs is 1. The highest BCUT2D eigenvalue weighted by Gasteiger charge is 2.40. The fourth-order valence-electron chi connectivity index (χ4n) is 4.82. The number of amides is 2. The Kier molecular flexibility index (Phi) is 6.39. The van der Waals surface area contributed by atoms with Crippen LogP contribution in [-0.2, 0) is 27.6 Å². The van der Waals surface area contributed by atoms with E-state index in [0.29, 0.717) is 11.4 Å². The molecule has 2 aliphatic rings. The van der Waals surface area contributed by atoms with Crippen LogP contribution in [0.25, 0.3) is 11.0 Å². The fourth-order valence-corrected chi connectivity index (χ4v) is 6.49. The van der Waals surface area contributed by atoms with Crippen molar-refractivity contribution >= 4 is 32.9 Å². The number of rotatable bonds is 5. The van der Waals surface area contributed by atoms with Crippen LogP contribution in [0.15, 0.2) is 23.1 Å². The van der Waals surface area contributed by atoms with Gasteiger partial charge < -0.3 is 19.5 Å². The summed E-state index contributed by atoms with van der Waals surface area (Å²) >= 11 is 0. The van der Waals surface area contributed by atoms with E-state index in [-0.39, 0.29) is 29.3 Å². The van der Waals surface area contributed by atoms with Gasteiger partial charge in [-0.1, -0.05) is 20.8 Å². The van der Waals surface area contributed by atoms with Gasteiger partial charge in [0.25, 0.3) is 0 Å². The first kappa shape index (κ1) is 24.5. The van der Waals surface area contributed by atoms with Gasteiger partial charge in [-0.3, -0.25) is 4.79 Å². The maximum Gasteiger partial charge on any atom is 0.407 e. The van der Waals surface area contributed by atoms with Crippen LogP contribution < -0.4 is 0 Å². The normalized spacial score (nSPS) is 18.4. The number of sulfone groups is 1. The molecule has 0 spiro atoms. The molecule has 1 aromatic carbocycles. The number of carbonyl (C=O) groups is 2. The van der Waals surface area contributed by atoms with Crippen molar-refractivity contribution in [2.24, 2.45) is 11.3 Å². The summed E-state index contributed by atoms with van der Waals surface area (Å²) in [5.74, 6) is 1.48. The third kappa shape index (κ3) is 4.92. The zero-order valence-electron chi connectivity index (χ0n) is 20.3. The summed E-state index contributed by atoms with van der Waals surface area (Å²) in [5.41, 5.74) is 1.57. The molecule has 1 N–H and O–H groups in total. The summed E-state index contributed by atoms with van der Waals surface area (Å²) in [4.78, 5) is 30.8. The molecule has 34 heavy (non-hydrogen) atoms. The average Bonchev–Trinajstić information content (AvgIpc) is 3.01. The molecule has 0 bridgehead atoms. The zero-order valence-corrected chi connectivity index (χ0v) is 21.1. The Hall–Kier alpha value is -2.62. The Morgan fingerprint density at radius 3 is 2.32 bits per heavy atom. The van der Waals surface area contributed by atoms with E-state index in [9.17, 15) is 18.0 Å². The highest BCUT2D eigenvalue weighted by atomic mass is 32.2. The van der Waals surface area contributed by atoms with Gasteiger partial charge in [-0.2, -0.15) is 0 Å². The maximum atomic E-state index is 13.1. The molecule has 10 heteroatoms. The van der Waals surface area contributed by atoms with Crippen LogP contribution in [0.4, 0.5) is 4.79 Å². The molecule has 0 saturated carbocycles. The number of piperidine rings is 1. The number of carboxylic acid groups (broad SMARTS) is 1. The van der Waals surface area contributed by atoms with E-state index in [0.717, 1.165) is 55.1 Å². The summed E-state index contributed by atoms with van der Waals surface area (Å²) in [6.07, 6.45) is 1.53. The molecule has 186 valence electrons. The lowest BCUT2D eigenvalue weighted by atomic mass is 9.91. The number of nitrogens with zero attached hydrogens (tertiary/aromatic N) is 4. The van der Waals surface area contributed by atoms with Crippen molar-refractivity contribution in [2.45, 2.75) is 63.6 Å². The summed E-state index contributed by atoms with van der Waals surface area (Å²) in [5, 5.41) is 8.31. The highest BCUT2D eigenvalue weighted by molar-refractivity contribution is 7.92. The number of benzene rings is 1. The van der Waals surface area contributed by atoms with Crippen LogP contribution in [0.3, 0.4) is 0 Å². The van der Waals surface area contributed by atoms with Crippen LogP contribution >= 0.6 is 0 Å². The van der Waals surface area contributed by atoms with Crippen molar-refractivity contribution in [1.29, 1.82) is 0 Å². The van der Waals surface area contributed by atoms with Crippen molar-refractivity contribution < 1.29 is 23.1 Å².